The van der Waals surface area contributed by atoms with E-state index in [0.717, 1.165) is 5.56 Å². The lowest BCUT2D eigenvalue weighted by Gasteiger charge is -2.26. The number of sulfonamides is 1. The molecular formula is C15H27N3O2S. The highest BCUT2D eigenvalue weighted by atomic mass is 32.2. The summed E-state index contributed by atoms with van der Waals surface area (Å²) in [4.78, 5) is 4.64. The van der Waals surface area contributed by atoms with E-state index in [9.17, 15) is 8.42 Å². The molecule has 6 heteroatoms. The maximum atomic E-state index is 12.1. The zero-order chi connectivity index (χ0) is 15.5. The van der Waals surface area contributed by atoms with Crippen LogP contribution in [0.3, 0.4) is 0 Å². The van der Waals surface area contributed by atoms with Crippen molar-refractivity contribution in [1.82, 2.24) is 4.72 Å². The van der Waals surface area contributed by atoms with Crippen LogP contribution >= 0.6 is 0 Å². The summed E-state index contributed by atoms with van der Waals surface area (Å²) in [7, 11) is -3.49. The minimum atomic E-state index is -3.49. The lowest BCUT2D eigenvalue weighted by atomic mass is 9.86. The van der Waals surface area contributed by atoms with Crippen LogP contribution in [0.5, 0.6) is 0 Å². The van der Waals surface area contributed by atoms with Crippen LogP contribution in [0, 0.1) is 12.8 Å². The Hall–Kier alpha value is -1.56. The van der Waals surface area contributed by atoms with Gasteiger partial charge in [-0.05, 0) is 37.3 Å². The SMILES string of the molecule is CC.Cc1cccc2c1NC(=NCC1CCC1)NS2(=O)=O.[HH].[HH]. The molecule has 2 aliphatic rings. The van der Waals surface area contributed by atoms with Crippen LogP contribution in [0.2, 0.25) is 0 Å². The molecule has 5 nitrogen and oxygen atoms in total. The van der Waals surface area contributed by atoms with Crippen molar-refractivity contribution >= 4 is 21.7 Å². The van der Waals surface area contributed by atoms with Gasteiger partial charge in [-0.3, -0.25) is 4.99 Å². The Morgan fingerprint density at radius 1 is 1.33 bits per heavy atom. The number of fused-ring (bicyclic) bond motifs is 1. The first-order valence-corrected chi connectivity index (χ1v) is 8.98. The molecule has 0 atom stereocenters. The van der Waals surface area contributed by atoms with Gasteiger partial charge in [0, 0.05) is 9.40 Å². The Labute approximate surface area is 129 Å². The fraction of sp³-hybridized carbons (Fsp3) is 0.533. The molecule has 2 N–H and O–H groups in total. The van der Waals surface area contributed by atoms with E-state index in [4.69, 9.17) is 0 Å². The van der Waals surface area contributed by atoms with Crippen molar-refractivity contribution in [3.05, 3.63) is 23.8 Å². The monoisotopic (exact) mass is 313 g/mol. The summed E-state index contributed by atoms with van der Waals surface area (Å²) in [5, 5.41) is 3.08. The molecule has 1 aliphatic heterocycles. The predicted molar refractivity (Wildman–Crippen MR) is 90.3 cm³/mol. The number of nitrogens with one attached hydrogen (secondary N) is 2. The molecule has 0 bridgehead atoms. The van der Waals surface area contributed by atoms with Gasteiger partial charge in [0.2, 0.25) is 5.96 Å². The maximum Gasteiger partial charge on any atom is 0.266 e. The van der Waals surface area contributed by atoms with E-state index >= 15 is 0 Å². The van der Waals surface area contributed by atoms with E-state index in [1.165, 1.54) is 19.3 Å². The molecule has 1 fully saturated rings. The highest BCUT2D eigenvalue weighted by Gasteiger charge is 2.27. The highest BCUT2D eigenvalue weighted by molar-refractivity contribution is 7.90. The van der Waals surface area contributed by atoms with E-state index in [1.807, 2.05) is 26.8 Å². The maximum absolute atomic E-state index is 12.1. The number of guanidine groups is 1. The molecule has 120 valence electrons. The highest BCUT2D eigenvalue weighted by Crippen LogP contribution is 2.29. The van der Waals surface area contributed by atoms with E-state index in [2.05, 4.69) is 15.0 Å². The number of hydrogen-bond acceptors (Lipinski definition) is 3. The van der Waals surface area contributed by atoms with E-state index in [-0.39, 0.29) is 7.75 Å². The number of rotatable bonds is 2. The van der Waals surface area contributed by atoms with Gasteiger partial charge < -0.3 is 5.32 Å². The molecule has 3 rings (SSSR count). The van der Waals surface area contributed by atoms with Crippen LogP contribution in [0.25, 0.3) is 0 Å². The average Bonchev–Trinajstić information content (AvgIpc) is 2.40. The van der Waals surface area contributed by atoms with Crippen LogP contribution in [0.4, 0.5) is 5.69 Å². The van der Waals surface area contributed by atoms with E-state index in [1.54, 1.807) is 12.1 Å². The number of hydrogen-bond donors (Lipinski definition) is 2. The Bertz CT molecular complexity index is 644. The first kappa shape index (κ1) is 15.8. The Kier molecular flexibility index (Phi) is 4.88. The van der Waals surface area contributed by atoms with Crippen molar-refractivity contribution in [2.75, 3.05) is 11.9 Å². The molecule has 1 aliphatic carbocycles. The van der Waals surface area contributed by atoms with Gasteiger partial charge in [-0.15, -0.1) is 0 Å². The normalized spacial score (nSPS) is 21.2. The topological polar surface area (TPSA) is 70.6 Å². The second kappa shape index (κ2) is 6.47. The molecule has 1 aromatic carbocycles. The smallest absolute Gasteiger partial charge is 0.266 e. The number of aliphatic imine (C=N–C) groups is 1. The summed E-state index contributed by atoms with van der Waals surface area (Å²) in [5.41, 5.74) is 1.53. The molecule has 0 aromatic heterocycles. The van der Waals surface area contributed by atoms with Crippen molar-refractivity contribution in [2.24, 2.45) is 10.9 Å². The van der Waals surface area contributed by atoms with Gasteiger partial charge in [0.1, 0.15) is 4.90 Å². The minimum Gasteiger partial charge on any atom is -0.324 e. The van der Waals surface area contributed by atoms with Gasteiger partial charge in [-0.2, -0.15) is 0 Å². The van der Waals surface area contributed by atoms with Crippen molar-refractivity contribution in [2.45, 2.75) is 44.9 Å². The largest absolute Gasteiger partial charge is 0.324 e. The fourth-order valence-electron chi connectivity index (χ4n) is 2.32. The summed E-state index contributed by atoms with van der Waals surface area (Å²) in [5.74, 6) is 0.950. The lowest BCUT2D eigenvalue weighted by molar-refractivity contribution is 0.326. The van der Waals surface area contributed by atoms with Crippen LogP contribution in [-0.4, -0.2) is 20.9 Å². The van der Waals surface area contributed by atoms with Gasteiger partial charge in [0.15, 0.2) is 0 Å². The minimum absolute atomic E-state index is 0. The molecule has 0 spiro atoms. The van der Waals surface area contributed by atoms with Crippen LogP contribution in [0.15, 0.2) is 28.1 Å². The summed E-state index contributed by atoms with van der Waals surface area (Å²) in [6, 6.07) is 5.22. The average molecular weight is 313 g/mol. The molecular weight excluding hydrogens is 286 g/mol. The summed E-state index contributed by atoms with van der Waals surface area (Å²) in [6.07, 6.45) is 3.65. The van der Waals surface area contributed by atoms with E-state index < -0.39 is 10.0 Å². The first-order chi connectivity index (χ1) is 10.1. The molecule has 1 saturated carbocycles. The van der Waals surface area contributed by atoms with Crippen molar-refractivity contribution in [3.8, 4) is 0 Å². The third-order valence-electron chi connectivity index (χ3n) is 3.73. The molecule has 1 heterocycles. The first-order valence-electron chi connectivity index (χ1n) is 7.50. The molecule has 0 unspecified atom stereocenters. The molecule has 21 heavy (non-hydrogen) atoms. The third-order valence-corrected chi connectivity index (χ3v) is 5.11. The fourth-order valence-corrected chi connectivity index (χ4v) is 3.54. The number of para-hydroxylation sites is 1. The van der Waals surface area contributed by atoms with Gasteiger partial charge >= 0.3 is 0 Å². The summed E-state index contributed by atoms with van der Waals surface area (Å²) < 4.78 is 26.8. The third kappa shape index (κ3) is 3.37. The van der Waals surface area contributed by atoms with Gasteiger partial charge in [0.25, 0.3) is 10.0 Å². The Morgan fingerprint density at radius 3 is 2.67 bits per heavy atom. The number of aryl methyl sites for hydroxylation is 1. The van der Waals surface area contributed by atoms with Crippen molar-refractivity contribution in [1.29, 1.82) is 0 Å². The second-order valence-corrected chi connectivity index (χ2v) is 6.82. The van der Waals surface area contributed by atoms with Crippen LogP contribution in [-0.2, 0) is 10.0 Å². The molecule has 0 radical (unpaired) electrons. The molecule has 0 amide bonds. The van der Waals surface area contributed by atoms with Crippen molar-refractivity contribution in [3.63, 3.8) is 0 Å². The number of benzene rings is 1. The summed E-state index contributed by atoms with van der Waals surface area (Å²) in [6.45, 7) is 6.57. The Balaban J connectivity index is 0.00000117. The second-order valence-electron chi connectivity index (χ2n) is 5.16. The van der Waals surface area contributed by atoms with Gasteiger partial charge in [-0.25, -0.2) is 13.1 Å². The van der Waals surface area contributed by atoms with Crippen molar-refractivity contribution < 1.29 is 11.3 Å². The van der Waals surface area contributed by atoms with Crippen LogP contribution in [0.1, 0.15) is 41.5 Å². The zero-order valence-electron chi connectivity index (χ0n) is 12.8. The predicted octanol–water partition coefficient (Wildman–Crippen LogP) is 3.37. The molecule has 0 saturated heterocycles. The van der Waals surface area contributed by atoms with Gasteiger partial charge in [0.05, 0.1) is 5.69 Å². The van der Waals surface area contributed by atoms with E-state index in [0.29, 0.717) is 24.1 Å². The molecule has 1 aromatic rings. The summed E-state index contributed by atoms with van der Waals surface area (Å²) >= 11 is 0. The number of nitrogens with zero attached hydrogens (tertiary/aromatic N) is 1. The number of anilines is 1. The lowest BCUT2D eigenvalue weighted by Crippen LogP contribution is -2.41. The quantitative estimate of drug-likeness (QED) is 0.879. The zero-order valence-corrected chi connectivity index (χ0v) is 13.6. The Morgan fingerprint density at radius 2 is 2.05 bits per heavy atom. The van der Waals surface area contributed by atoms with Crippen LogP contribution < -0.4 is 10.0 Å². The van der Waals surface area contributed by atoms with Gasteiger partial charge in [-0.1, -0.05) is 32.4 Å². The standard InChI is InChI=1S/C13H17N3O2S.C2H6.2H2/c1-9-4-2-7-11-12(9)15-13(16-19(11,17)18)14-8-10-5-3-6-10;1-2;;/h2,4,7,10H,3,5-6,8H2,1H3,(H2,14,15,16);1-2H3;2*1H.